The molecule has 0 bridgehead atoms. The summed E-state index contributed by atoms with van der Waals surface area (Å²) in [5, 5.41) is 13.7. The Morgan fingerprint density at radius 3 is 2.42 bits per heavy atom. The van der Waals surface area contributed by atoms with Crippen LogP contribution in [0, 0.1) is 12.8 Å². The Kier molecular flexibility index (Phi) is 4.19. The minimum Gasteiger partial charge on any atom is -0.508 e. The van der Waals surface area contributed by atoms with Gasteiger partial charge in [-0.2, -0.15) is 0 Å². The third-order valence-electron chi connectivity index (χ3n) is 4.23. The molecule has 0 amide bonds. The Morgan fingerprint density at radius 1 is 1.21 bits per heavy atom. The second kappa shape index (κ2) is 5.54. The molecule has 0 radical (unpaired) electrons. The van der Waals surface area contributed by atoms with E-state index < -0.39 is 0 Å². The second-order valence-electron chi connectivity index (χ2n) is 6.94. The van der Waals surface area contributed by atoms with Crippen LogP contribution in [0.15, 0.2) is 12.1 Å². The summed E-state index contributed by atoms with van der Waals surface area (Å²) in [4.78, 5) is 0. The molecule has 1 heterocycles. The zero-order valence-corrected chi connectivity index (χ0v) is 12.7. The number of aromatic hydroxyl groups is 1. The fourth-order valence-corrected chi connectivity index (χ4v) is 2.96. The number of rotatable bonds is 2. The summed E-state index contributed by atoms with van der Waals surface area (Å²) in [5.41, 5.74) is 3.69. The summed E-state index contributed by atoms with van der Waals surface area (Å²) in [6.07, 6.45) is 3.61. The van der Waals surface area contributed by atoms with E-state index in [4.69, 9.17) is 0 Å². The summed E-state index contributed by atoms with van der Waals surface area (Å²) < 4.78 is 0. The molecule has 0 spiro atoms. The zero-order valence-electron chi connectivity index (χ0n) is 12.7. The molecule has 2 heteroatoms. The van der Waals surface area contributed by atoms with Crippen LogP contribution >= 0.6 is 0 Å². The molecule has 106 valence electrons. The van der Waals surface area contributed by atoms with Crippen molar-refractivity contribution in [3.8, 4) is 5.75 Å². The van der Waals surface area contributed by atoms with Crippen LogP contribution in [-0.2, 0) is 11.8 Å². The Labute approximate surface area is 117 Å². The minimum atomic E-state index is 0.00211. The summed E-state index contributed by atoms with van der Waals surface area (Å²) in [6.45, 7) is 10.9. The molecule has 1 aromatic rings. The molecule has 2 N–H and O–H groups in total. The molecule has 1 aromatic carbocycles. The lowest BCUT2D eigenvalue weighted by molar-refractivity contribution is 0.371. The van der Waals surface area contributed by atoms with E-state index in [0.29, 0.717) is 5.75 Å². The fourth-order valence-electron chi connectivity index (χ4n) is 2.96. The molecule has 19 heavy (non-hydrogen) atoms. The SMILES string of the molecule is Cc1cc(C(C)(C)C)c(O)cc1CC1CCNCC1. The van der Waals surface area contributed by atoms with E-state index in [2.05, 4.69) is 39.1 Å². The van der Waals surface area contributed by atoms with Crippen LogP contribution in [0.2, 0.25) is 0 Å². The van der Waals surface area contributed by atoms with Gasteiger partial charge in [-0.05, 0) is 73.4 Å². The lowest BCUT2D eigenvalue weighted by Gasteiger charge is -2.25. The predicted molar refractivity (Wildman–Crippen MR) is 80.8 cm³/mol. The first-order valence-corrected chi connectivity index (χ1v) is 7.41. The van der Waals surface area contributed by atoms with E-state index in [9.17, 15) is 5.11 Å². The van der Waals surface area contributed by atoms with Crippen LogP contribution in [0.3, 0.4) is 0 Å². The molecule has 2 nitrogen and oxygen atoms in total. The number of phenols is 1. The topological polar surface area (TPSA) is 32.3 Å². The summed E-state index contributed by atoms with van der Waals surface area (Å²) in [7, 11) is 0. The first-order valence-electron chi connectivity index (χ1n) is 7.41. The van der Waals surface area contributed by atoms with Crippen molar-refractivity contribution in [2.75, 3.05) is 13.1 Å². The Bertz CT molecular complexity index is 439. The van der Waals surface area contributed by atoms with Gasteiger partial charge in [0.25, 0.3) is 0 Å². The highest BCUT2D eigenvalue weighted by molar-refractivity contribution is 5.45. The number of hydrogen-bond donors (Lipinski definition) is 2. The minimum absolute atomic E-state index is 0.00211. The zero-order chi connectivity index (χ0) is 14.0. The van der Waals surface area contributed by atoms with Gasteiger partial charge in [0.05, 0.1) is 0 Å². The van der Waals surface area contributed by atoms with Gasteiger partial charge in [-0.15, -0.1) is 0 Å². The predicted octanol–water partition coefficient (Wildman–Crippen LogP) is 3.54. The maximum absolute atomic E-state index is 10.3. The van der Waals surface area contributed by atoms with Crippen molar-refractivity contribution in [3.63, 3.8) is 0 Å². The maximum atomic E-state index is 10.3. The number of phenolic OH excluding ortho intramolecular Hbond substituents is 1. The number of aryl methyl sites for hydroxylation is 1. The third-order valence-corrected chi connectivity index (χ3v) is 4.23. The lowest BCUT2D eigenvalue weighted by atomic mass is 9.82. The van der Waals surface area contributed by atoms with Crippen LogP contribution in [0.5, 0.6) is 5.75 Å². The average molecular weight is 261 g/mol. The highest BCUT2D eigenvalue weighted by atomic mass is 16.3. The van der Waals surface area contributed by atoms with Gasteiger partial charge in [0.1, 0.15) is 5.75 Å². The first-order chi connectivity index (χ1) is 8.88. The van der Waals surface area contributed by atoms with Gasteiger partial charge < -0.3 is 10.4 Å². The van der Waals surface area contributed by atoms with Crippen LogP contribution in [0.4, 0.5) is 0 Å². The number of benzene rings is 1. The highest BCUT2D eigenvalue weighted by Gasteiger charge is 2.21. The van der Waals surface area contributed by atoms with E-state index in [1.165, 1.54) is 24.0 Å². The van der Waals surface area contributed by atoms with E-state index in [1.807, 2.05) is 6.07 Å². The molecule has 0 atom stereocenters. The van der Waals surface area contributed by atoms with Gasteiger partial charge in [-0.3, -0.25) is 0 Å². The van der Waals surface area contributed by atoms with Crippen molar-refractivity contribution >= 4 is 0 Å². The molecule has 2 rings (SSSR count). The smallest absolute Gasteiger partial charge is 0.119 e. The standard InChI is InChI=1S/C17H27NO/c1-12-9-15(17(2,3)4)16(19)11-14(12)10-13-5-7-18-8-6-13/h9,11,13,18-19H,5-8,10H2,1-4H3. The van der Waals surface area contributed by atoms with E-state index in [0.717, 1.165) is 31.0 Å². The van der Waals surface area contributed by atoms with Crippen molar-refractivity contribution in [1.82, 2.24) is 5.32 Å². The van der Waals surface area contributed by atoms with Crippen molar-refractivity contribution in [2.24, 2.45) is 5.92 Å². The molecule has 0 aliphatic carbocycles. The first kappa shape index (κ1) is 14.4. The molecule has 0 unspecified atom stereocenters. The molecule has 1 saturated heterocycles. The van der Waals surface area contributed by atoms with E-state index in [-0.39, 0.29) is 5.41 Å². The van der Waals surface area contributed by atoms with Gasteiger partial charge in [0.2, 0.25) is 0 Å². The van der Waals surface area contributed by atoms with E-state index >= 15 is 0 Å². The van der Waals surface area contributed by atoms with Crippen molar-refractivity contribution in [3.05, 3.63) is 28.8 Å². The molecule has 1 aliphatic rings. The summed E-state index contributed by atoms with van der Waals surface area (Å²) >= 11 is 0. The molecular weight excluding hydrogens is 234 g/mol. The Hall–Kier alpha value is -1.02. The molecule has 1 aliphatic heterocycles. The van der Waals surface area contributed by atoms with Gasteiger partial charge in [0, 0.05) is 0 Å². The molecule has 1 fully saturated rings. The molecule has 0 saturated carbocycles. The largest absolute Gasteiger partial charge is 0.508 e. The lowest BCUT2D eigenvalue weighted by Crippen LogP contribution is -2.28. The van der Waals surface area contributed by atoms with Crippen LogP contribution in [0.1, 0.15) is 50.3 Å². The van der Waals surface area contributed by atoms with Crippen LogP contribution in [-0.4, -0.2) is 18.2 Å². The van der Waals surface area contributed by atoms with Crippen molar-refractivity contribution in [2.45, 2.75) is 52.4 Å². The van der Waals surface area contributed by atoms with Crippen LogP contribution < -0.4 is 5.32 Å². The fraction of sp³-hybridized carbons (Fsp3) is 0.647. The van der Waals surface area contributed by atoms with Gasteiger partial charge in [-0.25, -0.2) is 0 Å². The average Bonchev–Trinajstić information content (AvgIpc) is 2.33. The Morgan fingerprint density at radius 2 is 1.84 bits per heavy atom. The number of hydrogen-bond acceptors (Lipinski definition) is 2. The highest BCUT2D eigenvalue weighted by Crippen LogP contribution is 2.34. The maximum Gasteiger partial charge on any atom is 0.119 e. The van der Waals surface area contributed by atoms with Crippen molar-refractivity contribution in [1.29, 1.82) is 0 Å². The number of piperidine rings is 1. The van der Waals surface area contributed by atoms with E-state index in [1.54, 1.807) is 0 Å². The second-order valence-corrected chi connectivity index (χ2v) is 6.94. The quantitative estimate of drug-likeness (QED) is 0.853. The van der Waals surface area contributed by atoms with Gasteiger partial charge in [0.15, 0.2) is 0 Å². The Balaban J connectivity index is 2.20. The molecule has 0 aromatic heterocycles. The summed E-state index contributed by atoms with van der Waals surface area (Å²) in [5.74, 6) is 1.22. The monoisotopic (exact) mass is 261 g/mol. The normalized spacial score (nSPS) is 17.7. The number of nitrogens with one attached hydrogen (secondary N) is 1. The summed E-state index contributed by atoms with van der Waals surface area (Å²) in [6, 6.07) is 4.17. The molecular formula is C17H27NO. The van der Waals surface area contributed by atoms with Crippen LogP contribution in [0.25, 0.3) is 0 Å². The third kappa shape index (κ3) is 3.50. The van der Waals surface area contributed by atoms with Gasteiger partial charge in [-0.1, -0.05) is 26.8 Å². The van der Waals surface area contributed by atoms with Gasteiger partial charge >= 0.3 is 0 Å². The van der Waals surface area contributed by atoms with Crippen molar-refractivity contribution < 1.29 is 5.11 Å².